The fourth-order valence-corrected chi connectivity index (χ4v) is 1.46. The summed E-state index contributed by atoms with van der Waals surface area (Å²) in [5.74, 6) is 0.631. The Labute approximate surface area is 95.3 Å². The summed E-state index contributed by atoms with van der Waals surface area (Å²) in [6.07, 6.45) is -1.01. The molecule has 0 saturated heterocycles. The van der Waals surface area contributed by atoms with Crippen molar-refractivity contribution in [3.63, 3.8) is 0 Å². The molecule has 0 saturated carbocycles. The maximum atomic E-state index is 9.82. The van der Waals surface area contributed by atoms with E-state index in [9.17, 15) is 5.11 Å². The number of ether oxygens (including phenoxy) is 2. The Bertz CT molecular complexity index is 377. The average Bonchev–Trinajstić information content (AvgIpc) is 2.28. The van der Waals surface area contributed by atoms with Gasteiger partial charge >= 0.3 is 0 Å². The lowest BCUT2D eigenvalue weighted by molar-refractivity contribution is 0.190. The third kappa shape index (κ3) is 2.73. The van der Waals surface area contributed by atoms with Crippen LogP contribution in [-0.2, 0) is 4.74 Å². The second-order valence-corrected chi connectivity index (χ2v) is 3.43. The molecule has 0 fully saturated rings. The molecule has 0 heterocycles. The molecule has 1 rings (SSSR count). The molecule has 0 aliphatic heterocycles. The van der Waals surface area contributed by atoms with Crippen LogP contribution in [0.15, 0.2) is 18.2 Å². The Morgan fingerprint density at radius 2 is 2.19 bits per heavy atom. The number of methoxy groups -OCH3 is 1. The zero-order valence-corrected chi connectivity index (χ0v) is 9.78. The van der Waals surface area contributed by atoms with Crippen LogP contribution in [0, 0.1) is 12.3 Å². The molecule has 88 valence electrons. The van der Waals surface area contributed by atoms with Gasteiger partial charge in [-0.05, 0) is 37.1 Å². The fraction of sp³-hybridized carbons (Fsp3) is 0.417. The monoisotopic (exact) mass is 223 g/mol. The van der Waals surface area contributed by atoms with Crippen LogP contribution in [0.2, 0.25) is 0 Å². The van der Waals surface area contributed by atoms with Gasteiger partial charge in [-0.2, -0.15) is 0 Å². The van der Waals surface area contributed by atoms with Gasteiger partial charge in [0.05, 0.1) is 13.7 Å². The van der Waals surface area contributed by atoms with Crippen molar-refractivity contribution in [2.75, 3.05) is 13.7 Å². The number of rotatable bonds is 4. The van der Waals surface area contributed by atoms with Gasteiger partial charge in [0.1, 0.15) is 5.75 Å². The van der Waals surface area contributed by atoms with E-state index in [0.717, 1.165) is 11.3 Å². The molecule has 4 heteroatoms. The molecule has 0 amide bonds. The van der Waals surface area contributed by atoms with Gasteiger partial charge in [-0.1, -0.05) is 6.07 Å². The molecule has 1 atom stereocenters. The molecule has 2 N–H and O–H groups in total. The lowest BCUT2D eigenvalue weighted by Crippen LogP contribution is -2.14. The Hall–Kier alpha value is -1.55. The molecule has 1 aromatic rings. The summed E-state index contributed by atoms with van der Waals surface area (Å²) in [5, 5.41) is 17.3. The van der Waals surface area contributed by atoms with E-state index in [0.29, 0.717) is 12.2 Å². The van der Waals surface area contributed by atoms with Gasteiger partial charge in [0.2, 0.25) is 5.90 Å². The highest BCUT2D eigenvalue weighted by atomic mass is 16.5. The molecule has 16 heavy (non-hydrogen) atoms. The molecular formula is C12H17NO3. The lowest BCUT2D eigenvalue weighted by atomic mass is 10.1. The molecule has 0 aliphatic carbocycles. The van der Waals surface area contributed by atoms with Crippen molar-refractivity contribution in [2.45, 2.75) is 20.0 Å². The first-order chi connectivity index (χ1) is 7.60. The van der Waals surface area contributed by atoms with Crippen molar-refractivity contribution in [3.05, 3.63) is 29.3 Å². The van der Waals surface area contributed by atoms with E-state index < -0.39 is 6.10 Å². The first-order valence-corrected chi connectivity index (χ1v) is 5.14. The molecule has 0 radical (unpaired) electrons. The fourth-order valence-electron chi connectivity index (χ4n) is 1.46. The minimum atomic E-state index is -1.01. The van der Waals surface area contributed by atoms with Crippen molar-refractivity contribution in [1.82, 2.24) is 0 Å². The van der Waals surface area contributed by atoms with Crippen molar-refractivity contribution < 1.29 is 14.6 Å². The Balaban J connectivity index is 2.88. The summed E-state index contributed by atoms with van der Waals surface area (Å²) in [6.45, 7) is 4.05. The summed E-state index contributed by atoms with van der Waals surface area (Å²) in [4.78, 5) is 0. The van der Waals surface area contributed by atoms with E-state index in [1.807, 2.05) is 6.92 Å². The number of aliphatic hydroxyl groups excluding tert-OH is 1. The Morgan fingerprint density at radius 1 is 1.50 bits per heavy atom. The molecular weight excluding hydrogens is 206 g/mol. The van der Waals surface area contributed by atoms with Crippen molar-refractivity contribution in [2.24, 2.45) is 0 Å². The summed E-state index contributed by atoms with van der Waals surface area (Å²) in [6, 6.07) is 5.29. The first-order valence-electron chi connectivity index (χ1n) is 5.14. The van der Waals surface area contributed by atoms with Crippen LogP contribution in [0.3, 0.4) is 0 Å². The summed E-state index contributed by atoms with van der Waals surface area (Å²) >= 11 is 0. The van der Waals surface area contributed by atoms with E-state index >= 15 is 0 Å². The van der Waals surface area contributed by atoms with Gasteiger partial charge in [0, 0.05) is 0 Å². The topological polar surface area (TPSA) is 62.5 Å². The van der Waals surface area contributed by atoms with Crippen molar-refractivity contribution >= 4 is 5.90 Å². The highest BCUT2D eigenvalue weighted by Crippen LogP contribution is 2.23. The molecule has 0 aromatic heterocycles. The van der Waals surface area contributed by atoms with Crippen LogP contribution in [0.4, 0.5) is 0 Å². The number of aliphatic hydroxyl groups is 1. The van der Waals surface area contributed by atoms with Crippen LogP contribution in [-0.4, -0.2) is 24.7 Å². The second-order valence-electron chi connectivity index (χ2n) is 3.43. The largest absolute Gasteiger partial charge is 0.496 e. The molecule has 0 spiro atoms. The Morgan fingerprint density at radius 3 is 2.69 bits per heavy atom. The predicted molar refractivity (Wildman–Crippen MR) is 62.0 cm³/mol. The van der Waals surface area contributed by atoms with Crippen LogP contribution < -0.4 is 4.74 Å². The van der Waals surface area contributed by atoms with Crippen LogP contribution in [0.25, 0.3) is 0 Å². The molecule has 4 nitrogen and oxygen atoms in total. The number of nitrogens with one attached hydrogen (secondary N) is 1. The quantitative estimate of drug-likeness (QED) is 0.606. The van der Waals surface area contributed by atoms with E-state index in [-0.39, 0.29) is 5.90 Å². The SMILES string of the molecule is CCOC(=N)[C@@H](O)c1ccc(OC)c(C)c1. The summed E-state index contributed by atoms with van der Waals surface area (Å²) < 4.78 is 10.1. The van der Waals surface area contributed by atoms with Gasteiger partial charge in [-0.3, -0.25) is 5.41 Å². The van der Waals surface area contributed by atoms with E-state index in [4.69, 9.17) is 14.9 Å². The zero-order valence-electron chi connectivity index (χ0n) is 9.78. The smallest absolute Gasteiger partial charge is 0.214 e. The summed E-state index contributed by atoms with van der Waals surface area (Å²) in [7, 11) is 1.60. The Kier molecular flexibility index (Phi) is 4.31. The van der Waals surface area contributed by atoms with Crippen LogP contribution in [0.1, 0.15) is 24.2 Å². The number of benzene rings is 1. The van der Waals surface area contributed by atoms with E-state index in [1.54, 1.807) is 32.2 Å². The van der Waals surface area contributed by atoms with Gasteiger partial charge in [-0.15, -0.1) is 0 Å². The van der Waals surface area contributed by atoms with E-state index in [1.165, 1.54) is 0 Å². The normalized spacial score (nSPS) is 12.0. The maximum absolute atomic E-state index is 9.82. The standard InChI is InChI=1S/C12H17NO3/c1-4-16-12(13)11(14)9-5-6-10(15-3)8(2)7-9/h5-7,11,13-14H,4H2,1-3H3/t11-/m0/s1. The lowest BCUT2D eigenvalue weighted by Gasteiger charge is -2.14. The molecule has 1 aromatic carbocycles. The van der Waals surface area contributed by atoms with E-state index in [2.05, 4.69) is 0 Å². The summed E-state index contributed by atoms with van der Waals surface area (Å²) in [5.41, 5.74) is 1.56. The first kappa shape index (κ1) is 12.5. The average molecular weight is 223 g/mol. The maximum Gasteiger partial charge on any atom is 0.214 e. The van der Waals surface area contributed by atoms with Crippen LogP contribution >= 0.6 is 0 Å². The van der Waals surface area contributed by atoms with Gasteiger partial charge in [0.15, 0.2) is 6.10 Å². The number of hydrogen-bond acceptors (Lipinski definition) is 4. The van der Waals surface area contributed by atoms with Crippen molar-refractivity contribution in [3.8, 4) is 5.75 Å². The minimum Gasteiger partial charge on any atom is -0.496 e. The van der Waals surface area contributed by atoms with Gasteiger partial charge in [0.25, 0.3) is 0 Å². The minimum absolute atomic E-state index is 0.132. The highest BCUT2D eigenvalue weighted by Gasteiger charge is 2.15. The van der Waals surface area contributed by atoms with Crippen LogP contribution in [0.5, 0.6) is 5.75 Å². The molecule has 0 aliphatic rings. The van der Waals surface area contributed by atoms with Crippen molar-refractivity contribution in [1.29, 1.82) is 5.41 Å². The van der Waals surface area contributed by atoms with Gasteiger partial charge < -0.3 is 14.6 Å². The molecule has 0 bridgehead atoms. The zero-order chi connectivity index (χ0) is 12.1. The number of aryl methyl sites for hydroxylation is 1. The number of hydrogen-bond donors (Lipinski definition) is 2. The molecule has 0 unspecified atom stereocenters. The third-order valence-corrected chi connectivity index (χ3v) is 2.28. The predicted octanol–water partition coefficient (Wildman–Crippen LogP) is 2.05. The second kappa shape index (κ2) is 5.51. The third-order valence-electron chi connectivity index (χ3n) is 2.28. The highest BCUT2D eigenvalue weighted by molar-refractivity contribution is 5.79. The van der Waals surface area contributed by atoms with Gasteiger partial charge in [-0.25, -0.2) is 0 Å².